The Balaban J connectivity index is 1.43. The zero-order valence-electron chi connectivity index (χ0n) is 13.5. The van der Waals surface area contributed by atoms with Crippen molar-refractivity contribution in [3.63, 3.8) is 0 Å². The Hall–Kier alpha value is -1.43. The number of carbonyl (C=O) groups excluding carboxylic acids is 1. The zero-order valence-corrected chi connectivity index (χ0v) is 13.5. The van der Waals surface area contributed by atoms with Crippen LogP contribution in [0.2, 0.25) is 0 Å². The number of fused-ring (bicyclic) bond motifs is 1. The highest BCUT2D eigenvalue weighted by atomic mass is 16.2. The maximum Gasteiger partial charge on any atom is 0.224 e. The van der Waals surface area contributed by atoms with Crippen LogP contribution in [0.15, 0.2) is 30.3 Å². The summed E-state index contributed by atoms with van der Waals surface area (Å²) in [6.07, 6.45) is 4.40. The van der Waals surface area contributed by atoms with Gasteiger partial charge >= 0.3 is 0 Å². The van der Waals surface area contributed by atoms with Gasteiger partial charge in [0.05, 0.1) is 5.92 Å². The molecule has 4 rings (SSSR count). The van der Waals surface area contributed by atoms with E-state index in [0.717, 1.165) is 38.9 Å². The quantitative estimate of drug-likeness (QED) is 0.781. The number of hydrazine groups is 1. The Kier molecular flexibility index (Phi) is 4.33. The smallest absolute Gasteiger partial charge is 0.224 e. The molecule has 0 spiro atoms. The van der Waals surface area contributed by atoms with Crippen LogP contribution in [0.5, 0.6) is 0 Å². The van der Waals surface area contributed by atoms with Crippen LogP contribution in [0.1, 0.15) is 37.3 Å². The van der Waals surface area contributed by atoms with E-state index < -0.39 is 0 Å². The van der Waals surface area contributed by atoms with Crippen molar-refractivity contribution in [1.29, 1.82) is 0 Å². The minimum absolute atomic E-state index is 0.136. The van der Waals surface area contributed by atoms with Gasteiger partial charge in [0.1, 0.15) is 0 Å². The number of amides is 1. The van der Waals surface area contributed by atoms with Crippen LogP contribution in [0.4, 0.5) is 0 Å². The molecule has 3 fully saturated rings. The van der Waals surface area contributed by atoms with Crippen LogP contribution in [0.25, 0.3) is 0 Å². The summed E-state index contributed by atoms with van der Waals surface area (Å²) in [5, 5.41) is 3.18. The highest BCUT2D eigenvalue weighted by Crippen LogP contribution is 2.44. The lowest BCUT2D eigenvalue weighted by molar-refractivity contribution is -0.125. The average Bonchev–Trinajstić information content (AvgIpc) is 3.30. The van der Waals surface area contributed by atoms with Gasteiger partial charge in [0, 0.05) is 31.2 Å². The highest BCUT2D eigenvalue weighted by molar-refractivity contribution is 5.80. The van der Waals surface area contributed by atoms with E-state index in [2.05, 4.69) is 51.4 Å². The molecule has 5 heteroatoms. The van der Waals surface area contributed by atoms with Crippen LogP contribution >= 0.6 is 0 Å². The minimum Gasteiger partial charge on any atom is -0.354 e. The highest BCUT2D eigenvalue weighted by Gasteiger charge is 2.47. The van der Waals surface area contributed by atoms with Gasteiger partial charge in [-0.3, -0.25) is 20.5 Å². The normalized spacial score (nSPS) is 33.7. The summed E-state index contributed by atoms with van der Waals surface area (Å²) < 4.78 is 0. The third-order valence-corrected chi connectivity index (χ3v) is 5.65. The second-order valence-corrected chi connectivity index (χ2v) is 7.02. The molecule has 0 aliphatic carbocycles. The third kappa shape index (κ3) is 3.01. The maximum absolute atomic E-state index is 12.7. The van der Waals surface area contributed by atoms with Crippen LogP contribution < -0.4 is 16.2 Å². The largest absolute Gasteiger partial charge is 0.354 e. The Morgan fingerprint density at radius 3 is 2.91 bits per heavy atom. The molecule has 0 saturated carbocycles. The van der Waals surface area contributed by atoms with Crippen molar-refractivity contribution >= 4 is 5.91 Å². The van der Waals surface area contributed by atoms with Crippen molar-refractivity contribution in [1.82, 2.24) is 21.1 Å². The molecule has 0 radical (unpaired) electrons. The van der Waals surface area contributed by atoms with E-state index in [4.69, 9.17) is 0 Å². The zero-order chi connectivity index (χ0) is 15.6. The second-order valence-electron chi connectivity index (χ2n) is 7.02. The number of nitrogens with zero attached hydrogens (tertiary/aromatic N) is 1. The number of hydrogen-bond acceptors (Lipinski definition) is 4. The summed E-state index contributed by atoms with van der Waals surface area (Å²) in [6.45, 7) is 2.84. The van der Waals surface area contributed by atoms with E-state index in [0.29, 0.717) is 18.1 Å². The van der Waals surface area contributed by atoms with E-state index in [1.165, 1.54) is 12.0 Å². The first-order valence-corrected chi connectivity index (χ1v) is 8.90. The summed E-state index contributed by atoms with van der Waals surface area (Å²) in [7, 11) is 0. The molecule has 23 heavy (non-hydrogen) atoms. The number of benzene rings is 1. The predicted octanol–water partition coefficient (Wildman–Crippen LogP) is 1.19. The van der Waals surface area contributed by atoms with Crippen molar-refractivity contribution in [2.45, 2.75) is 43.8 Å². The SMILES string of the molecule is O=C(NCC1CCNN1)[C@@H]1C[C@H](c2ccccc2)N2CCC[C@@H]12. The summed E-state index contributed by atoms with van der Waals surface area (Å²) in [6, 6.07) is 11.9. The van der Waals surface area contributed by atoms with E-state index in [1.807, 2.05) is 0 Å². The summed E-state index contributed by atoms with van der Waals surface area (Å²) in [4.78, 5) is 15.3. The molecule has 3 aliphatic heterocycles. The van der Waals surface area contributed by atoms with Gasteiger partial charge in [-0.05, 0) is 37.8 Å². The summed E-state index contributed by atoms with van der Waals surface area (Å²) >= 11 is 0. The first-order chi connectivity index (χ1) is 11.3. The van der Waals surface area contributed by atoms with Crippen molar-refractivity contribution in [3.05, 3.63) is 35.9 Å². The Morgan fingerprint density at radius 2 is 2.13 bits per heavy atom. The molecule has 3 aliphatic rings. The number of nitrogens with one attached hydrogen (secondary N) is 3. The molecule has 1 amide bonds. The molecule has 3 saturated heterocycles. The Labute approximate surface area is 137 Å². The van der Waals surface area contributed by atoms with Gasteiger partial charge in [-0.25, -0.2) is 0 Å². The Bertz CT molecular complexity index is 543. The molecule has 3 N–H and O–H groups in total. The number of rotatable bonds is 4. The molecule has 5 nitrogen and oxygen atoms in total. The second kappa shape index (κ2) is 6.59. The van der Waals surface area contributed by atoms with Crippen molar-refractivity contribution in [3.8, 4) is 0 Å². The summed E-state index contributed by atoms with van der Waals surface area (Å²) in [5.41, 5.74) is 7.69. The topological polar surface area (TPSA) is 56.4 Å². The molecule has 4 atom stereocenters. The average molecular weight is 314 g/mol. The monoisotopic (exact) mass is 314 g/mol. The van der Waals surface area contributed by atoms with Crippen LogP contribution in [-0.4, -0.2) is 42.5 Å². The molecule has 1 unspecified atom stereocenters. The van der Waals surface area contributed by atoms with E-state index in [-0.39, 0.29) is 11.8 Å². The van der Waals surface area contributed by atoms with Crippen molar-refractivity contribution in [2.24, 2.45) is 5.92 Å². The number of hydrogen-bond donors (Lipinski definition) is 3. The van der Waals surface area contributed by atoms with Crippen LogP contribution in [0, 0.1) is 5.92 Å². The maximum atomic E-state index is 12.7. The van der Waals surface area contributed by atoms with Gasteiger partial charge in [-0.15, -0.1) is 0 Å². The van der Waals surface area contributed by atoms with Gasteiger partial charge < -0.3 is 5.32 Å². The minimum atomic E-state index is 0.136. The van der Waals surface area contributed by atoms with E-state index in [1.54, 1.807) is 0 Å². The fourth-order valence-corrected chi connectivity index (χ4v) is 4.49. The predicted molar refractivity (Wildman–Crippen MR) is 89.6 cm³/mol. The number of carbonyl (C=O) groups is 1. The molecule has 124 valence electrons. The van der Waals surface area contributed by atoms with Crippen LogP contribution in [-0.2, 0) is 4.79 Å². The lowest BCUT2D eigenvalue weighted by atomic mass is 9.93. The van der Waals surface area contributed by atoms with Gasteiger partial charge in [0.2, 0.25) is 5.91 Å². The molecule has 1 aromatic carbocycles. The van der Waals surface area contributed by atoms with Gasteiger partial charge in [0.15, 0.2) is 0 Å². The lowest BCUT2D eigenvalue weighted by Gasteiger charge is -2.24. The first-order valence-electron chi connectivity index (χ1n) is 8.90. The van der Waals surface area contributed by atoms with E-state index >= 15 is 0 Å². The summed E-state index contributed by atoms with van der Waals surface area (Å²) in [5.74, 6) is 0.381. The fourth-order valence-electron chi connectivity index (χ4n) is 4.49. The fraction of sp³-hybridized carbons (Fsp3) is 0.611. The molecular formula is C18H26N4O. The van der Waals surface area contributed by atoms with Crippen molar-refractivity contribution < 1.29 is 4.79 Å². The Morgan fingerprint density at radius 1 is 1.26 bits per heavy atom. The van der Waals surface area contributed by atoms with Crippen molar-refractivity contribution in [2.75, 3.05) is 19.6 Å². The molecule has 3 heterocycles. The standard InChI is InChI=1S/C18H26N4O/c23-18(19-12-14-8-9-20-21-14)15-11-17(13-5-2-1-3-6-13)22-10-4-7-16(15)22/h1-3,5-6,14-17,20-21H,4,7-12H2,(H,19,23)/t14?,15-,16+,17-/m1/s1. The first kappa shape index (κ1) is 15.1. The third-order valence-electron chi connectivity index (χ3n) is 5.65. The van der Waals surface area contributed by atoms with Gasteiger partial charge in [0.25, 0.3) is 0 Å². The molecular weight excluding hydrogens is 288 g/mol. The van der Waals surface area contributed by atoms with E-state index in [9.17, 15) is 4.79 Å². The van der Waals surface area contributed by atoms with Gasteiger partial charge in [-0.1, -0.05) is 30.3 Å². The lowest BCUT2D eigenvalue weighted by Crippen LogP contribution is -2.44. The van der Waals surface area contributed by atoms with Crippen LogP contribution in [0.3, 0.4) is 0 Å². The van der Waals surface area contributed by atoms with Gasteiger partial charge in [-0.2, -0.15) is 0 Å². The molecule has 0 aromatic heterocycles. The molecule has 1 aromatic rings. The molecule has 0 bridgehead atoms.